The average molecular weight is 374 g/mol. The summed E-state index contributed by atoms with van der Waals surface area (Å²) < 4.78 is 0. The predicted molar refractivity (Wildman–Crippen MR) is 107 cm³/mol. The third-order valence-corrected chi connectivity index (χ3v) is 5.58. The van der Waals surface area contributed by atoms with E-state index in [9.17, 15) is 14.4 Å². The smallest absolute Gasteiger partial charge is 0.247 e. The minimum atomic E-state index is -0.852. The number of carbonyl (C=O) groups excluding carboxylic acids is 3. The first-order valence-corrected chi connectivity index (χ1v) is 9.55. The van der Waals surface area contributed by atoms with Crippen molar-refractivity contribution in [2.24, 2.45) is 11.8 Å². The van der Waals surface area contributed by atoms with Crippen molar-refractivity contribution in [2.75, 3.05) is 5.32 Å². The van der Waals surface area contributed by atoms with Gasteiger partial charge in [0, 0.05) is 11.3 Å². The molecule has 3 amide bonds. The lowest BCUT2D eigenvalue weighted by atomic mass is 9.85. The number of hydrogen-bond donors (Lipinski definition) is 1. The molecule has 2 aromatic rings. The average Bonchev–Trinajstić information content (AvgIpc) is 2.99. The zero-order chi connectivity index (χ0) is 19.7. The van der Waals surface area contributed by atoms with E-state index < -0.39 is 6.04 Å². The van der Waals surface area contributed by atoms with Gasteiger partial charge in [-0.2, -0.15) is 0 Å². The Hall–Kier alpha value is -3.21. The van der Waals surface area contributed by atoms with Gasteiger partial charge >= 0.3 is 0 Å². The highest BCUT2D eigenvalue weighted by Crippen LogP contribution is 2.36. The molecule has 1 saturated heterocycles. The highest BCUT2D eigenvalue weighted by atomic mass is 16.2. The monoisotopic (exact) mass is 374 g/mol. The van der Waals surface area contributed by atoms with Crippen molar-refractivity contribution in [3.8, 4) is 11.1 Å². The number of fused-ring (bicyclic) bond motifs is 1. The van der Waals surface area contributed by atoms with Crippen LogP contribution in [0.25, 0.3) is 11.1 Å². The molecule has 142 valence electrons. The van der Waals surface area contributed by atoms with Crippen LogP contribution >= 0.6 is 0 Å². The molecule has 3 unspecified atom stereocenters. The third kappa shape index (κ3) is 3.13. The fourth-order valence-electron chi connectivity index (χ4n) is 4.02. The molecule has 2 aromatic carbocycles. The number of hydrogen-bond acceptors (Lipinski definition) is 3. The zero-order valence-electron chi connectivity index (χ0n) is 15.7. The number of para-hydroxylation sites is 1. The van der Waals surface area contributed by atoms with E-state index in [1.807, 2.05) is 66.7 Å². The summed E-state index contributed by atoms with van der Waals surface area (Å²) in [4.78, 5) is 39.5. The minimum Gasteiger partial charge on any atom is -0.324 e. The highest BCUT2D eigenvalue weighted by Gasteiger charge is 2.50. The second-order valence-corrected chi connectivity index (χ2v) is 7.28. The largest absolute Gasteiger partial charge is 0.324 e. The molecule has 0 bridgehead atoms. The Bertz CT molecular complexity index is 925. The maximum absolute atomic E-state index is 12.9. The lowest BCUT2D eigenvalue weighted by molar-refractivity contribution is -0.146. The first-order valence-electron chi connectivity index (χ1n) is 9.55. The minimum absolute atomic E-state index is 0.238. The molecule has 28 heavy (non-hydrogen) atoms. The van der Waals surface area contributed by atoms with Crippen molar-refractivity contribution < 1.29 is 14.4 Å². The number of likely N-dealkylation sites (tertiary alicyclic amines) is 1. The van der Waals surface area contributed by atoms with Gasteiger partial charge in [0.1, 0.15) is 6.04 Å². The number of amides is 3. The number of carbonyl (C=O) groups is 3. The van der Waals surface area contributed by atoms with E-state index in [-0.39, 0.29) is 29.6 Å². The second-order valence-electron chi connectivity index (χ2n) is 7.28. The first kappa shape index (κ1) is 18.2. The van der Waals surface area contributed by atoms with Crippen LogP contribution in [0.4, 0.5) is 5.69 Å². The number of imide groups is 1. The molecule has 0 aromatic heterocycles. The van der Waals surface area contributed by atoms with Crippen molar-refractivity contribution in [3.05, 3.63) is 66.7 Å². The zero-order valence-corrected chi connectivity index (χ0v) is 15.7. The fourth-order valence-corrected chi connectivity index (χ4v) is 4.02. The molecule has 0 spiro atoms. The number of nitrogens with zero attached hydrogens (tertiary/aromatic N) is 1. The third-order valence-electron chi connectivity index (χ3n) is 5.58. The normalized spacial score (nSPS) is 22.1. The van der Waals surface area contributed by atoms with Crippen molar-refractivity contribution in [2.45, 2.75) is 25.8 Å². The lowest BCUT2D eigenvalue weighted by Crippen LogP contribution is -2.46. The molecule has 3 atom stereocenters. The topological polar surface area (TPSA) is 66.5 Å². The molecule has 5 heteroatoms. The molecule has 0 saturated carbocycles. The lowest BCUT2D eigenvalue weighted by Gasteiger charge is -2.23. The van der Waals surface area contributed by atoms with Gasteiger partial charge in [0.2, 0.25) is 17.7 Å². The van der Waals surface area contributed by atoms with E-state index in [1.54, 1.807) is 6.92 Å². The molecule has 1 N–H and O–H groups in total. The van der Waals surface area contributed by atoms with Crippen LogP contribution in [0.5, 0.6) is 0 Å². The van der Waals surface area contributed by atoms with Crippen molar-refractivity contribution in [1.29, 1.82) is 0 Å². The van der Waals surface area contributed by atoms with E-state index in [0.29, 0.717) is 18.5 Å². The highest BCUT2D eigenvalue weighted by molar-refractivity contribution is 6.10. The number of allylic oxidation sites excluding steroid dienone is 2. The van der Waals surface area contributed by atoms with Crippen molar-refractivity contribution >= 4 is 23.4 Å². The summed E-state index contributed by atoms with van der Waals surface area (Å²) >= 11 is 0. The molecule has 2 aliphatic rings. The maximum atomic E-state index is 12.9. The molecular formula is C23H22N2O3. The number of rotatable bonds is 4. The Labute approximate surface area is 164 Å². The Balaban J connectivity index is 1.55. The Morgan fingerprint density at radius 2 is 1.50 bits per heavy atom. The van der Waals surface area contributed by atoms with Gasteiger partial charge < -0.3 is 5.32 Å². The van der Waals surface area contributed by atoms with Gasteiger partial charge in [-0.15, -0.1) is 0 Å². The molecule has 4 rings (SSSR count). The Morgan fingerprint density at radius 3 is 2.14 bits per heavy atom. The quantitative estimate of drug-likeness (QED) is 0.656. The summed E-state index contributed by atoms with van der Waals surface area (Å²) in [5, 5.41) is 2.91. The van der Waals surface area contributed by atoms with Crippen LogP contribution in [-0.2, 0) is 14.4 Å². The van der Waals surface area contributed by atoms with Crippen molar-refractivity contribution in [1.82, 2.24) is 4.90 Å². The summed E-state index contributed by atoms with van der Waals surface area (Å²) in [7, 11) is 0. The standard InChI is InChI=1S/C23H22N2O3/c1-15(25-22(27)18-12-5-6-13-19(18)23(25)28)21(26)24-20-14-8-7-11-17(20)16-9-3-2-4-10-16/h2-11,14-15,18-19H,12-13H2,1H3,(H,24,26). The summed E-state index contributed by atoms with van der Waals surface area (Å²) in [6, 6.07) is 16.4. The summed E-state index contributed by atoms with van der Waals surface area (Å²) in [5.74, 6) is -1.50. The van der Waals surface area contributed by atoms with Gasteiger partial charge in [-0.05, 0) is 31.4 Å². The predicted octanol–water partition coefficient (Wildman–Crippen LogP) is 3.63. The fraction of sp³-hybridized carbons (Fsp3) is 0.261. The van der Waals surface area contributed by atoms with Gasteiger partial charge in [-0.1, -0.05) is 60.7 Å². The maximum Gasteiger partial charge on any atom is 0.247 e. The van der Waals surface area contributed by atoms with Crippen LogP contribution in [0.2, 0.25) is 0 Å². The SMILES string of the molecule is CC(C(=O)Nc1ccccc1-c1ccccc1)N1C(=O)C2CC=CCC2C1=O. The van der Waals surface area contributed by atoms with Crippen LogP contribution < -0.4 is 5.32 Å². The van der Waals surface area contributed by atoms with Crippen LogP contribution in [0.15, 0.2) is 66.7 Å². The van der Waals surface area contributed by atoms with Gasteiger partial charge in [0.05, 0.1) is 11.8 Å². The molecule has 5 nitrogen and oxygen atoms in total. The van der Waals surface area contributed by atoms with Crippen molar-refractivity contribution in [3.63, 3.8) is 0 Å². The number of benzene rings is 2. The van der Waals surface area contributed by atoms with E-state index in [1.165, 1.54) is 0 Å². The molecule has 0 radical (unpaired) electrons. The van der Waals surface area contributed by atoms with E-state index in [4.69, 9.17) is 0 Å². The van der Waals surface area contributed by atoms with Crippen LogP contribution in [-0.4, -0.2) is 28.7 Å². The van der Waals surface area contributed by atoms with Crippen LogP contribution in [0.3, 0.4) is 0 Å². The number of nitrogens with one attached hydrogen (secondary N) is 1. The second kappa shape index (κ2) is 7.43. The van der Waals surface area contributed by atoms with Crippen LogP contribution in [0, 0.1) is 11.8 Å². The molecule has 1 heterocycles. The Morgan fingerprint density at radius 1 is 0.929 bits per heavy atom. The van der Waals surface area contributed by atoms with Gasteiger partial charge in [-0.3, -0.25) is 19.3 Å². The number of anilines is 1. The van der Waals surface area contributed by atoms with Crippen LogP contribution in [0.1, 0.15) is 19.8 Å². The van der Waals surface area contributed by atoms with Gasteiger partial charge in [0.25, 0.3) is 0 Å². The van der Waals surface area contributed by atoms with Gasteiger partial charge in [0.15, 0.2) is 0 Å². The van der Waals surface area contributed by atoms with E-state index in [2.05, 4.69) is 5.32 Å². The molecular weight excluding hydrogens is 352 g/mol. The van der Waals surface area contributed by atoms with E-state index >= 15 is 0 Å². The summed E-state index contributed by atoms with van der Waals surface area (Å²) in [6.45, 7) is 1.61. The molecule has 1 aliphatic carbocycles. The summed E-state index contributed by atoms with van der Waals surface area (Å²) in [5.41, 5.74) is 2.53. The van der Waals surface area contributed by atoms with Gasteiger partial charge in [-0.25, -0.2) is 0 Å². The first-order chi connectivity index (χ1) is 13.6. The summed E-state index contributed by atoms with van der Waals surface area (Å²) in [6.07, 6.45) is 5.02. The molecule has 1 fully saturated rings. The van der Waals surface area contributed by atoms with E-state index in [0.717, 1.165) is 16.0 Å². The Kier molecular flexibility index (Phi) is 4.82. The molecule has 1 aliphatic heterocycles.